The number of likely N-dealkylation sites (tertiary alicyclic amines) is 1. The molecule has 108 valence electrons. The lowest BCUT2D eigenvalue weighted by Crippen LogP contribution is -2.46. The lowest BCUT2D eigenvalue weighted by Gasteiger charge is -2.38. The van der Waals surface area contributed by atoms with Gasteiger partial charge >= 0.3 is 0 Å². The number of rotatable bonds is 5. The molecule has 19 heavy (non-hydrogen) atoms. The third-order valence-corrected chi connectivity index (χ3v) is 3.95. The fraction of sp³-hybridized carbons (Fsp3) is 0.800. The van der Waals surface area contributed by atoms with Gasteiger partial charge in [0.25, 0.3) is 0 Å². The molecule has 1 fully saturated rings. The summed E-state index contributed by atoms with van der Waals surface area (Å²) in [5.74, 6) is 0.703. The Morgan fingerprint density at radius 2 is 2.05 bits per heavy atom. The maximum Gasteiger partial charge on any atom is 0.0713 e. The molecule has 1 aliphatic heterocycles. The Bertz CT molecular complexity index is 392. The largest absolute Gasteiger partial charge is 0.389 e. The van der Waals surface area contributed by atoms with Gasteiger partial charge in [-0.25, -0.2) is 0 Å². The maximum atomic E-state index is 10.7. The first-order chi connectivity index (χ1) is 9.00. The highest BCUT2D eigenvalue weighted by molar-refractivity contribution is 5.09. The zero-order valence-electron chi connectivity index (χ0n) is 12.5. The van der Waals surface area contributed by atoms with Gasteiger partial charge < -0.3 is 10.0 Å². The highest BCUT2D eigenvalue weighted by Gasteiger charge is 2.32. The van der Waals surface area contributed by atoms with E-state index in [0.717, 1.165) is 51.0 Å². The van der Waals surface area contributed by atoms with E-state index in [1.54, 1.807) is 0 Å². The Labute approximate surface area is 116 Å². The molecule has 2 heterocycles. The molecule has 0 radical (unpaired) electrons. The second kappa shape index (κ2) is 6.06. The van der Waals surface area contributed by atoms with E-state index < -0.39 is 5.60 Å². The van der Waals surface area contributed by atoms with Crippen molar-refractivity contribution in [1.29, 1.82) is 0 Å². The van der Waals surface area contributed by atoms with Gasteiger partial charge in [-0.3, -0.25) is 4.68 Å². The molecule has 0 amide bonds. The van der Waals surface area contributed by atoms with Crippen LogP contribution in [0.15, 0.2) is 12.4 Å². The first kappa shape index (κ1) is 14.5. The molecule has 4 nitrogen and oxygen atoms in total. The Hall–Kier alpha value is -0.870. The van der Waals surface area contributed by atoms with Crippen molar-refractivity contribution in [2.45, 2.75) is 52.2 Å². The molecule has 0 bridgehead atoms. The fourth-order valence-electron chi connectivity index (χ4n) is 2.90. The minimum atomic E-state index is -0.533. The summed E-state index contributed by atoms with van der Waals surface area (Å²) in [5, 5.41) is 15.0. The molecule has 4 heteroatoms. The first-order valence-electron chi connectivity index (χ1n) is 7.47. The molecule has 1 saturated heterocycles. The SMILES string of the molecule is CCn1cc(CC2(O)CCN(CC(C)C)CC2)cn1. The molecule has 0 saturated carbocycles. The Balaban J connectivity index is 1.87. The van der Waals surface area contributed by atoms with Crippen molar-refractivity contribution in [2.24, 2.45) is 5.92 Å². The standard InChI is InChI=1S/C15H27N3O/c1-4-18-12-14(10-16-18)9-15(19)5-7-17(8-6-15)11-13(2)3/h10,12-13,19H,4-9,11H2,1-3H3. The first-order valence-corrected chi connectivity index (χ1v) is 7.47. The van der Waals surface area contributed by atoms with Crippen LogP contribution < -0.4 is 0 Å². The second-order valence-electron chi connectivity index (χ2n) is 6.30. The van der Waals surface area contributed by atoms with Crippen molar-refractivity contribution in [2.75, 3.05) is 19.6 Å². The second-order valence-corrected chi connectivity index (χ2v) is 6.30. The molecule has 0 aromatic carbocycles. The summed E-state index contributed by atoms with van der Waals surface area (Å²) in [6, 6.07) is 0. The van der Waals surface area contributed by atoms with Gasteiger partial charge in [-0.05, 0) is 31.2 Å². The number of hydrogen-bond donors (Lipinski definition) is 1. The average Bonchev–Trinajstić information content (AvgIpc) is 2.79. The molecule has 0 unspecified atom stereocenters. The number of aromatic nitrogens is 2. The Morgan fingerprint density at radius 3 is 2.58 bits per heavy atom. The topological polar surface area (TPSA) is 41.3 Å². The molecule has 0 aliphatic carbocycles. The molecule has 1 aromatic heterocycles. The van der Waals surface area contributed by atoms with Crippen LogP contribution in [0.2, 0.25) is 0 Å². The van der Waals surface area contributed by atoms with Crippen molar-refractivity contribution in [3.63, 3.8) is 0 Å². The summed E-state index contributed by atoms with van der Waals surface area (Å²) < 4.78 is 1.92. The number of hydrogen-bond acceptors (Lipinski definition) is 3. The predicted octanol–water partition coefficient (Wildman–Crippen LogP) is 1.93. The van der Waals surface area contributed by atoms with Crippen LogP contribution in [0.3, 0.4) is 0 Å². The predicted molar refractivity (Wildman–Crippen MR) is 77.1 cm³/mol. The van der Waals surface area contributed by atoms with Crippen molar-refractivity contribution in [1.82, 2.24) is 14.7 Å². The average molecular weight is 265 g/mol. The molecule has 0 spiro atoms. The van der Waals surface area contributed by atoms with Crippen LogP contribution in [0.5, 0.6) is 0 Å². The molecule has 0 atom stereocenters. The van der Waals surface area contributed by atoms with Crippen LogP contribution in [-0.4, -0.2) is 45.0 Å². The van der Waals surface area contributed by atoms with E-state index >= 15 is 0 Å². The molecule has 1 aliphatic rings. The van der Waals surface area contributed by atoms with Crippen molar-refractivity contribution < 1.29 is 5.11 Å². The lowest BCUT2D eigenvalue weighted by atomic mass is 9.86. The summed E-state index contributed by atoms with van der Waals surface area (Å²) >= 11 is 0. The van der Waals surface area contributed by atoms with Gasteiger partial charge in [0.1, 0.15) is 0 Å². The van der Waals surface area contributed by atoms with Crippen LogP contribution in [-0.2, 0) is 13.0 Å². The van der Waals surface area contributed by atoms with Gasteiger partial charge in [0.2, 0.25) is 0 Å². The Kier molecular flexibility index (Phi) is 4.63. The van der Waals surface area contributed by atoms with Gasteiger partial charge in [0.15, 0.2) is 0 Å². The van der Waals surface area contributed by atoms with Crippen LogP contribution >= 0.6 is 0 Å². The summed E-state index contributed by atoms with van der Waals surface area (Å²) in [4.78, 5) is 2.47. The zero-order valence-corrected chi connectivity index (χ0v) is 12.5. The van der Waals surface area contributed by atoms with E-state index in [-0.39, 0.29) is 0 Å². The summed E-state index contributed by atoms with van der Waals surface area (Å²) in [7, 11) is 0. The van der Waals surface area contributed by atoms with E-state index in [0.29, 0.717) is 5.92 Å². The normalized spacial score (nSPS) is 20.1. The van der Waals surface area contributed by atoms with Crippen molar-refractivity contribution in [3.8, 4) is 0 Å². The van der Waals surface area contributed by atoms with Crippen LogP contribution in [0.4, 0.5) is 0 Å². The van der Waals surface area contributed by atoms with E-state index in [2.05, 4.69) is 37.0 Å². The van der Waals surface area contributed by atoms with Gasteiger partial charge in [-0.15, -0.1) is 0 Å². The van der Waals surface area contributed by atoms with Crippen molar-refractivity contribution in [3.05, 3.63) is 18.0 Å². The maximum absolute atomic E-state index is 10.7. The number of aliphatic hydroxyl groups is 1. The molecule has 2 rings (SSSR count). The summed E-state index contributed by atoms with van der Waals surface area (Å²) in [5.41, 5.74) is 0.622. The molecule has 1 N–H and O–H groups in total. The summed E-state index contributed by atoms with van der Waals surface area (Å²) in [6.07, 6.45) is 6.43. The van der Waals surface area contributed by atoms with Crippen molar-refractivity contribution >= 4 is 0 Å². The highest BCUT2D eigenvalue weighted by atomic mass is 16.3. The van der Waals surface area contributed by atoms with E-state index in [1.807, 2.05) is 10.9 Å². The zero-order chi connectivity index (χ0) is 13.9. The van der Waals surface area contributed by atoms with Crippen LogP contribution in [0.1, 0.15) is 39.2 Å². The summed E-state index contributed by atoms with van der Waals surface area (Å²) in [6.45, 7) is 10.6. The number of nitrogens with zero attached hydrogens (tertiary/aromatic N) is 3. The monoisotopic (exact) mass is 265 g/mol. The van der Waals surface area contributed by atoms with Gasteiger partial charge in [-0.2, -0.15) is 5.10 Å². The number of aryl methyl sites for hydroxylation is 1. The third-order valence-electron chi connectivity index (χ3n) is 3.95. The lowest BCUT2D eigenvalue weighted by molar-refractivity contribution is -0.0227. The van der Waals surface area contributed by atoms with E-state index in [1.165, 1.54) is 0 Å². The van der Waals surface area contributed by atoms with Gasteiger partial charge in [-0.1, -0.05) is 13.8 Å². The quantitative estimate of drug-likeness (QED) is 0.884. The number of piperidine rings is 1. The van der Waals surface area contributed by atoms with Gasteiger partial charge in [0, 0.05) is 38.8 Å². The smallest absolute Gasteiger partial charge is 0.0713 e. The van der Waals surface area contributed by atoms with Crippen LogP contribution in [0, 0.1) is 5.92 Å². The Morgan fingerprint density at radius 1 is 1.37 bits per heavy atom. The highest BCUT2D eigenvalue weighted by Crippen LogP contribution is 2.26. The molecule has 1 aromatic rings. The van der Waals surface area contributed by atoms with Crippen LogP contribution in [0.25, 0.3) is 0 Å². The fourth-order valence-corrected chi connectivity index (χ4v) is 2.90. The van der Waals surface area contributed by atoms with E-state index in [9.17, 15) is 5.11 Å². The minimum Gasteiger partial charge on any atom is -0.389 e. The third kappa shape index (κ3) is 4.05. The molecular formula is C15H27N3O. The minimum absolute atomic E-state index is 0.533. The van der Waals surface area contributed by atoms with Gasteiger partial charge in [0.05, 0.1) is 11.8 Å². The van der Waals surface area contributed by atoms with E-state index in [4.69, 9.17) is 0 Å². The molecular weight excluding hydrogens is 238 g/mol.